The molecule has 4 heterocycles. The van der Waals surface area contributed by atoms with E-state index in [-0.39, 0.29) is 11.4 Å². The van der Waals surface area contributed by atoms with Crippen LogP contribution in [0, 0.1) is 0 Å². The quantitative estimate of drug-likeness (QED) is 0.697. The fourth-order valence-corrected chi connectivity index (χ4v) is 4.45. The lowest BCUT2D eigenvalue weighted by atomic mass is 10.1. The molecule has 1 N–H and O–H groups in total. The van der Waals surface area contributed by atoms with Gasteiger partial charge in [0.1, 0.15) is 17.8 Å². The summed E-state index contributed by atoms with van der Waals surface area (Å²) in [6.45, 7) is 2.21. The second-order valence-corrected chi connectivity index (χ2v) is 8.12. The van der Waals surface area contributed by atoms with Crippen molar-refractivity contribution in [2.24, 2.45) is 0 Å². The van der Waals surface area contributed by atoms with E-state index in [1.165, 1.54) is 11.4 Å². The number of amides is 1. The van der Waals surface area contributed by atoms with Gasteiger partial charge in [-0.2, -0.15) is 0 Å². The molecule has 1 saturated carbocycles. The molecular weight excluding hydrogens is 369 g/mol. The molecule has 1 unspecified atom stereocenters. The molecule has 2 fully saturated rings. The Kier molecular flexibility index (Phi) is 3.72. The lowest BCUT2D eigenvalue weighted by molar-refractivity contribution is 0.0586. The summed E-state index contributed by atoms with van der Waals surface area (Å²) in [6, 6.07) is 5.61. The van der Waals surface area contributed by atoms with E-state index in [0.717, 1.165) is 47.9 Å². The highest BCUT2D eigenvalue weighted by Gasteiger charge is 2.54. The Labute approximate surface area is 156 Å². The Hall–Kier alpha value is -2.05. The standard InChI is InChI=1S/C17H18N5O2PS/c23-16(12-1-2-13(24-12)26-25)22-8-7-21(9-17(22)4-5-17)15-11-3-6-18-14(11)19-10-20-15/h1-3,6,10H,4-5,7-9,25H2,(H,18,19,20). The number of carbonyl (C=O) groups excluding carboxylic acids is 1. The summed E-state index contributed by atoms with van der Waals surface area (Å²) >= 11 is 1.42. The van der Waals surface area contributed by atoms with Gasteiger partial charge < -0.3 is 19.2 Å². The zero-order valence-corrected chi connectivity index (χ0v) is 16.0. The highest BCUT2D eigenvalue weighted by molar-refractivity contribution is 8.43. The molecule has 1 amide bonds. The Morgan fingerprint density at radius 2 is 2.15 bits per heavy atom. The molecule has 1 atom stereocenters. The normalized spacial score (nSPS) is 18.7. The Morgan fingerprint density at radius 1 is 1.27 bits per heavy atom. The largest absolute Gasteiger partial charge is 0.444 e. The summed E-state index contributed by atoms with van der Waals surface area (Å²) in [6.07, 6.45) is 5.51. The molecule has 26 heavy (non-hydrogen) atoms. The number of piperazine rings is 1. The number of aromatic nitrogens is 3. The molecule has 1 spiro atoms. The maximum absolute atomic E-state index is 13.0. The number of anilines is 1. The first kappa shape index (κ1) is 16.1. The Balaban J connectivity index is 1.41. The number of H-pyrrole nitrogens is 1. The van der Waals surface area contributed by atoms with Crippen molar-refractivity contribution in [1.82, 2.24) is 19.9 Å². The molecule has 5 rings (SSSR count). The van der Waals surface area contributed by atoms with Crippen molar-refractivity contribution in [3.8, 4) is 0 Å². The van der Waals surface area contributed by atoms with Gasteiger partial charge in [-0.1, -0.05) is 19.8 Å². The van der Waals surface area contributed by atoms with E-state index in [2.05, 4.69) is 28.3 Å². The number of furan rings is 1. The molecule has 0 radical (unpaired) electrons. The van der Waals surface area contributed by atoms with Crippen molar-refractivity contribution in [3.05, 3.63) is 36.5 Å². The third-order valence-corrected chi connectivity index (χ3v) is 6.41. The fourth-order valence-electron chi connectivity index (χ4n) is 3.79. The van der Waals surface area contributed by atoms with E-state index < -0.39 is 0 Å². The molecule has 0 aromatic carbocycles. The molecule has 7 nitrogen and oxygen atoms in total. The van der Waals surface area contributed by atoms with Crippen LogP contribution < -0.4 is 4.90 Å². The summed E-state index contributed by atoms with van der Waals surface area (Å²) in [7, 11) is 2.54. The number of hydrogen-bond acceptors (Lipinski definition) is 6. The number of carbonyl (C=O) groups is 1. The topological polar surface area (TPSA) is 78.3 Å². The van der Waals surface area contributed by atoms with E-state index in [4.69, 9.17) is 4.42 Å². The van der Waals surface area contributed by atoms with Gasteiger partial charge in [0.2, 0.25) is 0 Å². The number of rotatable bonds is 3. The van der Waals surface area contributed by atoms with Crippen LogP contribution in [0.3, 0.4) is 0 Å². The summed E-state index contributed by atoms with van der Waals surface area (Å²) in [4.78, 5) is 29.1. The van der Waals surface area contributed by atoms with Crippen LogP contribution >= 0.6 is 19.8 Å². The van der Waals surface area contributed by atoms with Crippen LogP contribution in [0.2, 0.25) is 0 Å². The number of aromatic amines is 1. The van der Waals surface area contributed by atoms with Crippen LogP contribution in [-0.4, -0.2) is 50.9 Å². The first-order valence-corrected chi connectivity index (χ1v) is 10.8. The van der Waals surface area contributed by atoms with E-state index in [1.54, 1.807) is 12.4 Å². The van der Waals surface area contributed by atoms with Crippen LogP contribution in [0.25, 0.3) is 11.0 Å². The molecular formula is C17H18N5O2PS. The van der Waals surface area contributed by atoms with Gasteiger partial charge in [-0.3, -0.25) is 4.79 Å². The van der Waals surface area contributed by atoms with Crippen LogP contribution in [0.4, 0.5) is 5.82 Å². The monoisotopic (exact) mass is 387 g/mol. The van der Waals surface area contributed by atoms with Gasteiger partial charge in [-0.25, -0.2) is 9.97 Å². The van der Waals surface area contributed by atoms with Gasteiger partial charge in [0.15, 0.2) is 10.9 Å². The second kappa shape index (κ2) is 5.99. The molecule has 1 aliphatic carbocycles. The lowest BCUT2D eigenvalue weighted by Gasteiger charge is -2.42. The SMILES string of the molecule is O=C(c1ccc(SP)o1)N1CCN(c2ncnc3[nH]ccc23)CC12CC2. The van der Waals surface area contributed by atoms with Crippen LogP contribution in [0.15, 0.2) is 40.2 Å². The summed E-state index contributed by atoms with van der Waals surface area (Å²) in [5.74, 6) is 1.35. The summed E-state index contributed by atoms with van der Waals surface area (Å²) in [5.41, 5.74) is 0.737. The Morgan fingerprint density at radius 3 is 2.92 bits per heavy atom. The smallest absolute Gasteiger partial charge is 0.290 e. The van der Waals surface area contributed by atoms with Gasteiger partial charge in [-0.05, 0) is 31.0 Å². The number of fused-ring (bicyclic) bond motifs is 1. The molecule has 1 saturated heterocycles. The predicted octanol–water partition coefficient (Wildman–Crippen LogP) is 2.93. The average Bonchev–Trinajstić information content (AvgIpc) is 3.11. The maximum atomic E-state index is 13.0. The Bertz CT molecular complexity index is 982. The van der Waals surface area contributed by atoms with Gasteiger partial charge in [0.25, 0.3) is 5.91 Å². The van der Waals surface area contributed by atoms with Crippen molar-refractivity contribution in [1.29, 1.82) is 0 Å². The minimum atomic E-state index is -0.107. The van der Waals surface area contributed by atoms with Crippen molar-refractivity contribution in [2.75, 3.05) is 24.5 Å². The van der Waals surface area contributed by atoms with E-state index in [0.29, 0.717) is 12.3 Å². The molecule has 134 valence electrons. The minimum Gasteiger partial charge on any atom is -0.444 e. The number of nitrogens with one attached hydrogen (secondary N) is 1. The number of nitrogens with zero attached hydrogens (tertiary/aromatic N) is 4. The third kappa shape index (κ3) is 2.51. The van der Waals surface area contributed by atoms with E-state index >= 15 is 0 Å². The zero-order chi connectivity index (χ0) is 17.7. The first-order valence-electron chi connectivity index (χ1n) is 8.52. The van der Waals surface area contributed by atoms with E-state index in [9.17, 15) is 4.79 Å². The highest BCUT2D eigenvalue weighted by Crippen LogP contribution is 2.46. The van der Waals surface area contributed by atoms with Crippen LogP contribution in [0.1, 0.15) is 23.4 Å². The van der Waals surface area contributed by atoms with Crippen molar-refractivity contribution in [3.63, 3.8) is 0 Å². The second-order valence-electron chi connectivity index (χ2n) is 6.78. The lowest BCUT2D eigenvalue weighted by Crippen LogP contribution is -2.57. The van der Waals surface area contributed by atoms with Gasteiger partial charge >= 0.3 is 0 Å². The van der Waals surface area contributed by atoms with Crippen molar-refractivity contribution < 1.29 is 9.21 Å². The molecule has 0 bridgehead atoms. The van der Waals surface area contributed by atoms with Crippen LogP contribution in [0.5, 0.6) is 0 Å². The number of hydrogen-bond donors (Lipinski definition) is 1. The van der Waals surface area contributed by atoms with E-state index in [1.807, 2.05) is 23.2 Å². The molecule has 3 aromatic heterocycles. The molecule has 3 aromatic rings. The molecule has 9 heteroatoms. The molecule has 1 aliphatic heterocycles. The van der Waals surface area contributed by atoms with Crippen LogP contribution in [-0.2, 0) is 0 Å². The van der Waals surface area contributed by atoms with Gasteiger partial charge in [0, 0.05) is 25.8 Å². The average molecular weight is 387 g/mol. The third-order valence-electron chi connectivity index (χ3n) is 5.26. The first-order chi connectivity index (χ1) is 12.7. The predicted molar refractivity (Wildman–Crippen MR) is 103 cm³/mol. The van der Waals surface area contributed by atoms with Gasteiger partial charge in [-0.15, -0.1) is 0 Å². The summed E-state index contributed by atoms with van der Waals surface area (Å²) in [5, 5.41) is 1.76. The fraction of sp³-hybridized carbons (Fsp3) is 0.353. The van der Waals surface area contributed by atoms with Crippen molar-refractivity contribution >= 4 is 42.6 Å². The zero-order valence-electron chi connectivity index (χ0n) is 14.0. The highest BCUT2D eigenvalue weighted by atomic mass is 32.7. The molecule has 2 aliphatic rings. The van der Waals surface area contributed by atoms with Crippen molar-refractivity contribution in [2.45, 2.75) is 23.5 Å². The van der Waals surface area contributed by atoms with Gasteiger partial charge in [0.05, 0.1) is 10.9 Å². The maximum Gasteiger partial charge on any atom is 0.290 e. The summed E-state index contributed by atoms with van der Waals surface area (Å²) < 4.78 is 5.64. The minimum absolute atomic E-state index is 0.0121.